The highest BCUT2D eigenvalue weighted by atomic mass is 16.3. The predicted octanol–water partition coefficient (Wildman–Crippen LogP) is 2.24. The summed E-state index contributed by atoms with van der Waals surface area (Å²) in [5.74, 6) is 0.346. The Morgan fingerprint density at radius 3 is 2.89 bits per heavy atom. The van der Waals surface area contributed by atoms with Gasteiger partial charge in [0, 0.05) is 5.92 Å². The molecule has 3 nitrogen and oxygen atoms in total. The van der Waals surface area contributed by atoms with Crippen molar-refractivity contribution in [3.05, 3.63) is 23.3 Å². The van der Waals surface area contributed by atoms with E-state index < -0.39 is 6.10 Å². The Hall–Kier alpha value is -0.930. The molecular weight excluding hydrogens is 228 g/mol. The minimum absolute atomic E-state index is 0.0634. The van der Waals surface area contributed by atoms with E-state index in [0.717, 1.165) is 24.0 Å². The largest absolute Gasteiger partial charge is 0.392 e. The molecule has 18 heavy (non-hydrogen) atoms. The van der Waals surface area contributed by atoms with Crippen molar-refractivity contribution < 1.29 is 15.0 Å². The van der Waals surface area contributed by atoms with E-state index in [1.807, 2.05) is 13.0 Å². The monoisotopic (exact) mass is 252 g/mol. The maximum atomic E-state index is 11.9. The first-order valence-electron chi connectivity index (χ1n) is 6.62. The van der Waals surface area contributed by atoms with Crippen molar-refractivity contribution >= 4 is 5.78 Å². The van der Waals surface area contributed by atoms with Gasteiger partial charge in [-0.2, -0.15) is 0 Å². The van der Waals surface area contributed by atoms with Gasteiger partial charge in [-0.1, -0.05) is 18.6 Å². The molecule has 0 saturated carbocycles. The van der Waals surface area contributed by atoms with Crippen molar-refractivity contribution in [3.8, 4) is 0 Å². The second kappa shape index (κ2) is 6.86. The zero-order chi connectivity index (χ0) is 13.7. The first-order chi connectivity index (χ1) is 8.45. The molecule has 0 aromatic carbocycles. The summed E-state index contributed by atoms with van der Waals surface area (Å²) in [7, 11) is 0. The molecule has 0 heterocycles. The van der Waals surface area contributed by atoms with Crippen LogP contribution in [-0.4, -0.2) is 28.7 Å². The summed E-state index contributed by atoms with van der Waals surface area (Å²) >= 11 is 0. The van der Waals surface area contributed by atoms with Crippen molar-refractivity contribution in [1.82, 2.24) is 0 Å². The van der Waals surface area contributed by atoms with Gasteiger partial charge in [-0.3, -0.25) is 4.79 Å². The van der Waals surface area contributed by atoms with Crippen molar-refractivity contribution in [2.45, 2.75) is 46.1 Å². The van der Waals surface area contributed by atoms with Crippen molar-refractivity contribution in [1.29, 1.82) is 0 Å². The van der Waals surface area contributed by atoms with Gasteiger partial charge in [-0.05, 0) is 50.7 Å². The Labute approximate surface area is 109 Å². The number of carbonyl (C=O) groups excluding carboxylic acids is 1. The fourth-order valence-electron chi connectivity index (χ4n) is 2.34. The smallest absolute Gasteiger partial charge is 0.159 e. The molecule has 0 aromatic heterocycles. The van der Waals surface area contributed by atoms with E-state index in [4.69, 9.17) is 5.11 Å². The molecular formula is C15H24O3. The molecule has 0 aliphatic heterocycles. The van der Waals surface area contributed by atoms with Gasteiger partial charge in [0.15, 0.2) is 5.78 Å². The summed E-state index contributed by atoms with van der Waals surface area (Å²) in [5.41, 5.74) is 1.74. The second-order valence-electron chi connectivity index (χ2n) is 5.41. The predicted molar refractivity (Wildman–Crippen MR) is 72.1 cm³/mol. The van der Waals surface area contributed by atoms with Crippen LogP contribution in [0.15, 0.2) is 23.3 Å². The molecule has 0 amide bonds. The number of carbonyl (C=O) groups is 1. The fourth-order valence-corrected chi connectivity index (χ4v) is 2.34. The van der Waals surface area contributed by atoms with Crippen LogP contribution in [-0.2, 0) is 4.79 Å². The Balaban J connectivity index is 2.52. The first-order valence-corrected chi connectivity index (χ1v) is 6.62. The summed E-state index contributed by atoms with van der Waals surface area (Å²) in [4.78, 5) is 11.9. The second-order valence-corrected chi connectivity index (χ2v) is 5.41. The third-order valence-electron chi connectivity index (χ3n) is 3.79. The summed E-state index contributed by atoms with van der Waals surface area (Å²) in [6.45, 7) is 5.85. The van der Waals surface area contributed by atoms with Gasteiger partial charge in [0.25, 0.3) is 0 Å². The molecule has 0 spiro atoms. The van der Waals surface area contributed by atoms with Crippen LogP contribution in [0.25, 0.3) is 0 Å². The number of hydrogen-bond acceptors (Lipinski definition) is 3. The maximum Gasteiger partial charge on any atom is 0.159 e. The number of aliphatic hydroxyl groups is 2. The molecule has 1 rings (SSSR count). The number of aliphatic hydroxyl groups excluding tert-OH is 2. The molecule has 0 bridgehead atoms. The van der Waals surface area contributed by atoms with E-state index in [1.54, 1.807) is 13.0 Å². The number of hydrogen-bond donors (Lipinski definition) is 2. The normalized spacial score (nSPS) is 27.1. The minimum Gasteiger partial charge on any atom is -0.392 e. The summed E-state index contributed by atoms with van der Waals surface area (Å²) in [6.07, 6.45) is 5.46. The van der Waals surface area contributed by atoms with E-state index in [1.165, 1.54) is 0 Å². The van der Waals surface area contributed by atoms with Crippen LogP contribution in [0.2, 0.25) is 0 Å². The molecule has 102 valence electrons. The van der Waals surface area contributed by atoms with Crippen LogP contribution >= 0.6 is 0 Å². The van der Waals surface area contributed by atoms with Gasteiger partial charge < -0.3 is 10.2 Å². The zero-order valence-corrected chi connectivity index (χ0v) is 11.5. The zero-order valence-electron chi connectivity index (χ0n) is 11.5. The first kappa shape index (κ1) is 15.1. The van der Waals surface area contributed by atoms with E-state index in [-0.39, 0.29) is 24.2 Å². The lowest BCUT2D eigenvalue weighted by atomic mass is 9.78. The molecule has 3 atom stereocenters. The Morgan fingerprint density at radius 2 is 2.28 bits per heavy atom. The maximum absolute atomic E-state index is 11.9. The lowest BCUT2D eigenvalue weighted by molar-refractivity contribution is -0.121. The number of allylic oxidation sites excluding steroid dienone is 2. The van der Waals surface area contributed by atoms with Crippen LogP contribution in [0.4, 0.5) is 0 Å². The van der Waals surface area contributed by atoms with E-state index >= 15 is 0 Å². The highest BCUT2D eigenvalue weighted by Gasteiger charge is 2.30. The van der Waals surface area contributed by atoms with Crippen LogP contribution < -0.4 is 0 Å². The standard InChI is InChI=1S/C15H24O3/c1-10(9-16)5-4-6-11(2)13-8-14(17)12(3)7-15(13)18/h5,7,11,13-14,16-17H,4,6,8-9H2,1-3H3/b10-5+. The van der Waals surface area contributed by atoms with Gasteiger partial charge in [0.2, 0.25) is 0 Å². The lowest BCUT2D eigenvalue weighted by Crippen LogP contribution is -2.30. The van der Waals surface area contributed by atoms with E-state index in [9.17, 15) is 9.90 Å². The molecule has 2 N–H and O–H groups in total. The van der Waals surface area contributed by atoms with Gasteiger partial charge in [0.1, 0.15) is 0 Å². The topological polar surface area (TPSA) is 57.5 Å². The Kier molecular flexibility index (Phi) is 5.76. The molecule has 0 saturated heterocycles. The van der Waals surface area contributed by atoms with E-state index in [2.05, 4.69) is 6.92 Å². The van der Waals surface area contributed by atoms with Gasteiger partial charge in [0.05, 0.1) is 12.7 Å². The average molecular weight is 252 g/mol. The van der Waals surface area contributed by atoms with Gasteiger partial charge >= 0.3 is 0 Å². The van der Waals surface area contributed by atoms with Gasteiger partial charge in [-0.15, -0.1) is 0 Å². The van der Waals surface area contributed by atoms with Crippen molar-refractivity contribution in [2.75, 3.05) is 6.61 Å². The Bertz CT molecular complexity index is 355. The SMILES string of the molecule is CC1=CC(=O)C(C(C)CC/C=C(\C)CO)CC1O. The summed E-state index contributed by atoms with van der Waals surface area (Å²) < 4.78 is 0. The van der Waals surface area contributed by atoms with Crippen molar-refractivity contribution in [2.24, 2.45) is 11.8 Å². The minimum atomic E-state index is -0.468. The van der Waals surface area contributed by atoms with Crippen LogP contribution in [0.1, 0.15) is 40.0 Å². The van der Waals surface area contributed by atoms with Crippen LogP contribution in [0, 0.1) is 11.8 Å². The third-order valence-corrected chi connectivity index (χ3v) is 3.79. The molecule has 0 aromatic rings. The summed E-state index contributed by atoms with van der Waals surface area (Å²) in [5, 5.41) is 18.7. The van der Waals surface area contributed by atoms with E-state index in [0.29, 0.717) is 6.42 Å². The van der Waals surface area contributed by atoms with Crippen molar-refractivity contribution in [3.63, 3.8) is 0 Å². The van der Waals surface area contributed by atoms with Gasteiger partial charge in [-0.25, -0.2) is 0 Å². The molecule has 3 heteroatoms. The number of ketones is 1. The average Bonchev–Trinajstić information content (AvgIpc) is 2.33. The third kappa shape index (κ3) is 4.07. The molecule has 1 aliphatic carbocycles. The van der Waals surface area contributed by atoms with Crippen LogP contribution in [0.5, 0.6) is 0 Å². The quantitative estimate of drug-likeness (QED) is 0.738. The molecule has 1 aliphatic rings. The number of rotatable bonds is 5. The summed E-state index contributed by atoms with van der Waals surface area (Å²) in [6, 6.07) is 0. The highest BCUT2D eigenvalue weighted by Crippen LogP contribution is 2.29. The highest BCUT2D eigenvalue weighted by molar-refractivity contribution is 5.93. The fraction of sp³-hybridized carbons (Fsp3) is 0.667. The Morgan fingerprint density at radius 1 is 1.61 bits per heavy atom. The lowest BCUT2D eigenvalue weighted by Gasteiger charge is -2.28. The molecule has 3 unspecified atom stereocenters. The molecule has 0 radical (unpaired) electrons. The van der Waals surface area contributed by atoms with Crippen LogP contribution in [0.3, 0.4) is 0 Å². The molecule has 0 fully saturated rings.